The summed E-state index contributed by atoms with van der Waals surface area (Å²) in [5, 5.41) is 8.12. The summed E-state index contributed by atoms with van der Waals surface area (Å²) in [6.45, 7) is 0. The van der Waals surface area contributed by atoms with Gasteiger partial charge in [-0.25, -0.2) is 9.59 Å². The van der Waals surface area contributed by atoms with Crippen LogP contribution in [0.2, 0.25) is 0 Å². The zero-order valence-electron chi connectivity index (χ0n) is 11.9. The smallest absolute Gasteiger partial charge is 0.339 e. The van der Waals surface area contributed by atoms with Crippen LogP contribution in [0.25, 0.3) is 0 Å². The summed E-state index contributed by atoms with van der Waals surface area (Å²) in [6.07, 6.45) is 11.4. The number of aliphatic imine (C=N–C) groups is 1. The predicted molar refractivity (Wildman–Crippen MR) is 83.1 cm³/mol. The van der Waals surface area contributed by atoms with Gasteiger partial charge in [0.05, 0.1) is 0 Å². The van der Waals surface area contributed by atoms with Crippen LogP contribution >= 0.6 is 11.8 Å². The summed E-state index contributed by atoms with van der Waals surface area (Å²) in [5.74, 6) is 0. The largest absolute Gasteiger partial charge is 0.343 e. The molecule has 0 aromatic carbocycles. The number of thioether (sulfide) groups is 1. The van der Waals surface area contributed by atoms with E-state index in [1.807, 2.05) is 6.08 Å². The fourth-order valence-electron chi connectivity index (χ4n) is 1.85. The highest BCUT2D eigenvalue weighted by atomic mass is 32.2. The molecule has 7 heteroatoms. The number of nitrogens with one attached hydrogen (secondary N) is 3. The Hall–Kier alpha value is -1.50. The molecule has 0 aromatic heterocycles. The molecule has 0 fully saturated rings. The molecule has 0 aromatic rings. The first-order valence-electron chi connectivity index (χ1n) is 6.74. The third kappa shape index (κ3) is 6.60. The maximum absolute atomic E-state index is 11.9. The molecule has 0 radical (unpaired) electrons. The summed E-state index contributed by atoms with van der Waals surface area (Å²) >= 11 is 1.21. The average Bonchev–Trinajstić information content (AvgIpc) is 2.40. The fraction of sp³-hybridized carbons (Fsp3) is 0.615. The molecule has 0 bridgehead atoms. The highest BCUT2D eigenvalue weighted by Crippen LogP contribution is 2.11. The number of carbonyl (C=O) groups excluding carboxylic acids is 2. The first-order valence-corrected chi connectivity index (χ1v) is 7.96. The molecular weight excluding hydrogens is 276 g/mol. The van der Waals surface area contributed by atoms with Gasteiger partial charge in [-0.05, 0) is 25.5 Å². The van der Waals surface area contributed by atoms with Gasteiger partial charge in [0.2, 0.25) is 0 Å². The molecule has 1 aliphatic carbocycles. The van der Waals surface area contributed by atoms with E-state index in [1.165, 1.54) is 31.7 Å². The number of hydrogen-bond acceptors (Lipinski definition) is 3. The first-order chi connectivity index (χ1) is 9.65. The zero-order chi connectivity index (χ0) is 14.8. The minimum absolute atomic E-state index is 0.0402. The Morgan fingerprint density at radius 3 is 2.80 bits per heavy atom. The molecule has 0 heterocycles. The van der Waals surface area contributed by atoms with E-state index >= 15 is 0 Å². The van der Waals surface area contributed by atoms with Crippen molar-refractivity contribution >= 4 is 29.0 Å². The van der Waals surface area contributed by atoms with Crippen LogP contribution in [-0.4, -0.2) is 36.6 Å². The maximum Gasteiger partial charge on any atom is 0.343 e. The highest BCUT2D eigenvalue weighted by molar-refractivity contribution is 8.13. The van der Waals surface area contributed by atoms with Gasteiger partial charge in [0.1, 0.15) is 0 Å². The normalized spacial score (nSPS) is 19.7. The van der Waals surface area contributed by atoms with E-state index in [0.717, 1.165) is 19.3 Å². The van der Waals surface area contributed by atoms with Gasteiger partial charge in [-0.2, -0.15) is 4.99 Å². The Labute approximate surface area is 123 Å². The van der Waals surface area contributed by atoms with Crippen molar-refractivity contribution in [3.63, 3.8) is 0 Å². The number of hydrogen-bond donors (Lipinski definition) is 3. The zero-order valence-corrected chi connectivity index (χ0v) is 12.8. The van der Waals surface area contributed by atoms with E-state index in [1.54, 1.807) is 6.26 Å². The molecule has 0 spiro atoms. The number of rotatable bonds is 1. The molecule has 0 saturated carbocycles. The lowest BCUT2D eigenvalue weighted by Crippen LogP contribution is -2.43. The standard InChI is InChI=1S/C13H22N4O2S/c1-14-11(18)16-13(20-2)17-12(19)15-10-8-6-4-3-5-7-9-10/h6,8,10H,3-5,7,9H2,1-2H3,(H3,14,15,16,17,18,19). The van der Waals surface area contributed by atoms with E-state index in [2.05, 4.69) is 27.0 Å². The van der Waals surface area contributed by atoms with Crippen LogP contribution in [0.3, 0.4) is 0 Å². The fourth-order valence-corrected chi connectivity index (χ4v) is 2.22. The van der Waals surface area contributed by atoms with Crippen molar-refractivity contribution in [3.8, 4) is 0 Å². The Balaban J connectivity index is 2.50. The second-order valence-corrected chi connectivity index (χ2v) is 5.24. The van der Waals surface area contributed by atoms with E-state index in [9.17, 15) is 9.59 Å². The molecule has 112 valence electrons. The van der Waals surface area contributed by atoms with Crippen LogP contribution in [-0.2, 0) is 0 Å². The van der Waals surface area contributed by atoms with Crippen molar-refractivity contribution in [2.75, 3.05) is 13.3 Å². The summed E-state index contributed by atoms with van der Waals surface area (Å²) < 4.78 is 0. The molecule has 1 aliphatic rings. The Morgan fingerprint density at radius 2 is 2.10 bits per heavy atom. The Bertz CT molecular complexity index is 396. The topological polar surface area (TPSA) is 82.6 Å². The van der Waals surface area contributed by atoms with Gasteiger partial charge >= 0.3 is 12.1 Å². The minimum Gasteiger partial charge on any atom is -0.339 e. The van der Waals surface area contributed by atoms with Crippen molar-refractivity contribution in [3.05, 3.63) is 12.2 Å². The number of amidine groups is 1. The summed E-state index contributed by atoms with van der Waals surface area (Å²) in [4.78, 5) is 26.7. The minimum atomic E-state index is -0.486. The highest BCUT2D eigenvalue weighted by Gasteiger charge is 2.12. The van der Waals surface area contributed by atoms with Crippen molar-refractivity contribution in [2.24, 2.45) is 4.99 Å². The van der Waals surface area contributed by atoms with Gasteiger partial charge in [-0.3, -0.25) is 5.32 Å². The van der Waals surface area contributed by atoms with Gasteiger partial charge in [-0.1, -0.05) is 36.8 Å². The molecule has 1 atom stereocenters. The lowest BCUT2D eigenvalue weighted by molar-refractivity contribution is 0.242. The molecule has 0 aliphatic heterocycles. The average molecular weight is 298 g/mol. The van der Waals surface area contributed by atoms with E-state index in [4.69, 9.17) is 0 Å². The molecule has 4 amide bonds. The van der Waals surface area contributed by atoms with Gasteiger partial charge in [0.15, 0.2) is 5.17 Å². The molecule has 1 rings (SSSR count). The molecule has 20 heavy (non-hydrogen) atoms. The molecule has 0 saturated heterocycles. The Morgan fingerprint density at radius 1 is 1.30 bits per heavy atom. The van der Waals surface area contributed by atoms with Crippen molar-refractivity contribution in [2.45, 2.75) is 38.1 Å². The number of allylic oxidation sites excluding steroid dienone is 1. The lowest BCUT2D eigenvalue weighted by Gasteiger charge is -2.17. The molecule has 6 nitrogen and oxygen atoms in total. The third-order valence-corrected chi connectivity index (χ3v) is 3.48. The monoisotopic (exact) mass is 298 g/mol. The van der Waals surface area contributed by atoms with E-state index < -0.39 is 6.03 Å². The van der Waals surface area contributed by atoms with Crippen LogP contribution in [0, 0.1) is 0 Å². The molecule has 3 N–H and O–H groups in total. The van der Waals surface area contributed by atoms with Gasteiger partial charge in [0, 0.05) is 13.1 Å². The van der Waals surface area contributed by atoms with Gasteiger partial charge in [-0.15, -0.1) is 0 Å². The quantitative estimate of drug-likeness (QED) is 0.394. The van der Waals surface area contributed by atoms with Crippen LogP contribution in [0.4, 0.5) is 9.59 Å². The number of carbonyl (C=O) groups is 2. The second-order valence-electron chi connectivity index (χ2n) is 4.45. The third-order valence-electron chi connectivity index (χ3n) is 2.90. The van der Waals surface area contributed by atoms with Gasteiger partial charge in [0.25, 0.3) is 0 Å². The van der Waals surface area contributed by atoms with E-state index in [-0.39, 0.29) is 17.2 Å². The lowest BCUT2D eigenvalue weighted by atomic mass is 10.0. The van der Waals surface area contributed by atoms with Crippen LogP contribution < -0.4 is 16.0 Å². The first kappa shape index (κ1) is 16.6. The van der Waals surface area contributed by atoms with Crippen molar-refractivity contribution in [1.82, 2.24) is 16.0 Å². The molecule has 1 unspecified atom stereocenters. The van der Waals surface area contributed by atoms with Crippen LogP contribution in [0.1, 0.15) is 32.1 Å². The number of nitrogens with zero attached hydrogens (tertiary/aromatic N) is 1. The SMILES string of the molecule is CNC(=O)N=C(NC(=O)NC1C=CCCCCC1)SC. The second kappa shape index (κ2) is 9.41. The summed E-state index contributed by atoms with van der Waals surface area (Å²) in [5.41, 5.74) is 0. The maximum atomic E-state index is 11.9. The van der Waals surface area contributed by atoms with Gasteiger partial charge < -0.3 is 10.6 Å². The van der Waals surface area contributed by atoms with Crippen molar-refractivity contribution < 1.29 is 9.59 Å². The van der Waals surface area contributed by atoms with Crippen LogP contribution in [0.15, 0.2) is 17.1 Å². The summed E-state index contributed by atoms with van der Waals surface area (Å²) in [6, 6.07) is -0.781. The predicted octanol–water partition coefficient (Wildman–Crippen LogP) is 2.23. The van der Waals surface area contributed by atoms with E-state index in [0.29, 0.717) is 0 Å². The van der Waals surface area contributed by atoms with Crippen molar-refractivity contribution in [1.29, 1.82) is 0 Å². The summed E-state index contributed by atoms with van der Waals surface area (Å²) in [7, 11) is 1.49. The number of amides is 4. The van der Waals surface area contributed by atoms with Crippen LogP contribution in [0.5, 0.6) is 0 Å². The number of urea groups is 2. The molecular formula is C13H22N4O2S. The Kier molecular flexibility index (Phi) is 7.79.